The number of carbonyl (C=O) groups excluding carboxylic acids is 1. The van der Waals surface area contributed by atoms with Crippen molar-refractivity contribution in [2.24, 2.45) is 0 Å². The molecule has 0 aromatic heterocycles. The van der Waals surface area contributed by atoms with Gasteiger partial charge in [-0.15, -0.1) is 0 Å². The Morgan fingerprint density at radius 1 is 1.14 bits per heavy atom. The van der Waals surface area contributed by atoms with E-state index in [0.717, 1.165) is 16.1 Å². The van der Waals surface area contributed by atoms with E-state index in [1.54, 1.807) is 30.3 Å². The molecule has 0 fully saturated rings. The molecule has 0 unspecified atom stereocenters. The van der Waals surface area contributed by atoms with Gasteiger partial charge < -0.3 is 19.5 Å². The van der Waals surface area contributed by atoms with E-state index in [0.29, 0.717) is 41.8 Å². The molecule has 9 heteroatoms. The third kappa shape index (κ3) is 4.56. The summed E-state index contributed by atoms with van der Waals surface area (Å²) in [5, 5.41) is 2.74. The van der Waals surface area contributed by atoms with Crippen LogP contribution >= 0.6 is 0 Å². The number of hydrogen-bond donors (Lipinski definition) is 1. The van der Waals surface area contributed by atoms with Gasteiger partial charge in [-0.05, 0) is 43.7 Å². The first-order valence-corrected chi connectivity index (χ1v) is 10.9. The molecule has 3 rings (SSSR count). The largest absolute Gasteiger partial charge is 0.495 e. The van der Waals surface area contributed by atoms with Crippen molar-refractivity contribution in [3.05, 3.63) is 42.0 Å². The zero-order chi connectivity index (χ0) is 21.2. The van der Waals surface area contributed by atoms with E-state index in [2.05, 4.69) is 5.32 Å². The number of hydrogen-bond acceptors (Lipinski definition) is 6. The summed E-state index contributed by atoms with van der Waals surface area (Å²) in [5.74, 6) is 1.00. The maximum Gasteiger partial charge on any atom is 0.247 e. The second-order valence-electron chi connectivity index (χ2n) is 6.76. The fourth-order valence-corrected chi connectivity index (χ4v) is 4.29. The summed E-state index contributed by atoms with van der Waals surface area (Å²) in [7, 11) is -2.32. The minimum atomic E-state index is -3.77. The van der Waals surface area contributed by atoms with E-state index in [4.69, 9.17) is 14.2 Å². The number of benzene rings is 2. The second-order valence-corrected chi connectivity index (χ2v) is 8.62. The summed E-state index contributed by atoms with van der Waals surface area (Å²) in [4.78, 5) is 12.9. The number of amides is 1. The number of anilines is 2. The molecular formula is C20H24N2O6S. The van der Waals surface area contributed by atoms with Crippen LogP contribution in [0.4, 0.5) is 11.4 Å². The summed E-state index contributed by atoms with van der Waals surface area (Å²) in [6.07, 6.45) is 1.06. The lowest BCUT2D eigenvalue weighted by molar-refractivity contribution is -0.116. The fraction of sp³-hybridized carbons (Fsp3) is 0.350. The number of sulfonamides is 1. The first kappa shape index (κ1) is 20.8. The lowest BCUT2D eigenvalue weighted by atomic mass is 10.2. The Bertz CT molecular complexity index is 1020. The number of ether oxygens (including phenoxy) is 3. The van der Waals surface area contributed by atoms with E-state index < -0.39 is 22.0 Å². The molecule has 0 saturated heterocycles. The van der Waals surface area contributed by atoms with Crippen LogP contribution in [0.5, 0.6) is 17.2 Å². The van der Waals surface area contributed by atoms with Gasteiger partial charge in [0.05, 0.1) is 19.1 Å². The Balaban J connectivity index is 1.90. The van der Waals surface area contributed by atoms with Crippen LogP contribution in [0.2, 0.25) is 0 Å². The smallest absolute Gasteiger partial charge is 0.247 e. The van der Waals surface area contributed by atoms with Gasteiger partial charge in [0.15, 0.2) is 11.5 Å². The average molecular weight is 420 g/mol. The number of rotatable bonds is 6. The van der Waals surface area contributed by atoms with Crippen LogP contribution in [-0.2, 0) is 14.8 Å². The second kappa shape index (κ2) is 8.20. The van der Waals surface area contributed by atoms with Crippen LogP contribution in [-0.4, -0.2) is 46.9 Å². The quantitative estimate of drug-likeness (QED) is 0.772. The monoisotopic (exact) mass is 420 g/mol. The van der Waals surface area contributed by atoms with Crippen molar-refractivity contribution in [1.82, 2.24) is 0 Å². The van der Waals surface area contributed by atoms with Crippen molar-refractivity contribution in [2.75, 3.05) is 36.2 Å². The highest BCUT2D eigenvalue weighted by molar-refractivity contribution is 7.92. The van der Waals surface area contributed by atoms with Crippen molar-refractivity contribution < 1.29 is 27.4 Å². The lowest BCUT2D eigenvalue weighted by Crippen LogP contribution is -2.45. The van der Waals surface area contributed by atoms with Crippen molar-refractivity contribution >= 4 is 27.3 Å². The molecule has 29 heavy (non-hydrogen) atoms. The van der Waals surface area contributed by atoms with Crippen molar-refractivity contribution in [1.29, 1.82) is 0 Å². The molecule has 0 saturated carbocycles. The van der Waals surface area contributed by atoms with Crippen LogP contribution in [0.3, 0.4) is 0 Å². The molecule has 2 aromatic rings. The van der Waals surface area contributed by atoms with E-state index in [1.165, 1.54) is 14.0 Å². The number of nitrogens with zero attached hydrogens (tertiary/aromatic N) is 1. The zero-order valence-corrected chi connectivity index (χ0v) is 17.6. The summed E-state index contributed by atoms with van der Waals surface area (Å²) < 4.78 is 42.5. The van der Waals surface area contributed by atoms with E-state index in [-0.39, 0.29) is 0 Å². The number of carbonyl (C=O) groups is 1. The molecule has 1 aliphatic rings. The highest BCUT2D eigenvalue weighted by atomic mass is 32.2. The van der Waals surface area contributed by atoms with Crippen molar-refractivity contribution in [2.45, 2.75) is 19.9 Å². The number of methoxy groups -OCH3 is 1. The predicted octanol–water partition coefficient (Wildman–Crippen LogP) is 2.57. The van der Waals surface area contributed by atoms with Crippen LogP contribution < -0.4 is 23.8 Å². The van der Waals surface area contributed by atoms with Crippen LogP contribution in [0.1, 0.15) is 12.5 Å². The number of nitrogens with one attached hydrogen (secondary N) is 1. The Hall–Kier alpha value is -2.94. The van der Waals surface area contributed by atoms with Gasteiger partial charge in [-0.2, -0.15) is 0 Å². The first-order valence-electron chi connectivity index (χ1n) is 9.05. The van der Waals surface area contributed by atoms with Crippen molar-refractivity contribution in [3.63, 3.8) is 0 Å². The molecular weight excluding hydrogens is 396 g/mol. The summed E-state index contributed by atoms with van der Waals surface area (Å²) >= 11 is 0. The molecule has 0 radical (unpaired) electrons. The highest BCUT2D eigenvalue weighted by Gasteiger charge is 2.31. The van der Waals surface area contributed by atoms with E-state index in [9.17, 15) is 13.2 Å². The number of fused-ring (bicyclic) bond motifs is 1. The summed E-state index contributed by atoms with van der Waals surface area (Å²) in [5.41, 5.74) is 1.63. The third-order valence-corrected chi connectivity index (χ3v) is 5.70. The molecule has 0 bridgehead atoms. The first-order chi connectivity index (χ1) is 13.7. The maximum absolute atomic E-state index is 12.9. The van der Waals surface area contributed by atoms with Gasteiger partial charge in [0, 0.05) is 11.8 Å². The fourth-order valence-electron chi connectivity index (χ4n) is 3.12. The van der Waals surface area contributed by atoms with Crippen LogP contribution in [0.15, 0.2) is 36.4 Å². The minimum Gasteiger partial charge on any atom is -0.495 e. The molecule has 1 aliphatic heterocycles. The molecule has 1 N–H and O–H groups in total. The molecule has 0 spiro atoms. The molecule has 1 heterocycles. The third-order valence-electron chi connectivity index (χ3n) is 4.47. The van der Waals surface area contributed by atoms with Gasteiger partial charge in [0.2, 0.25) is 15.9 Å². The van der Waals surface area contributed by atoms with Crippen molar-refractivity contribution in [3.8, 4) is 17.2 Å². The standard InChI is InChI=1S/C20H24N2O6S/c1-13-5-7-17(26-3)16(11-13)22(29(4,24)25)14(2)20(23)21-15-6-8-18-19(12-15)28-10-9-27-18/h5-8,11-12,14H,9-10H2,1-4H3,(H,21,23)/t14-/m0/s1. The SMILES string of the molecule is COc1ccc(C)cc1N([C@@H](C)C(=O)Nc1ccc2c(c1)OCCO2)S(C)(=O)=O. The zero-order valence-electron chi connectivity index (χ0n) is 16.8. The van der Waals surface area contributed by atoms with Gasteiger partial charge in [0.1, 0.15) is 25.0 Å². The molecule has 1 amide bonds. The summed E-state index contributed by atoms with van der Waals surface area (Å²) in [6, 6.07) is 9.17. The van der Waals surface area contributed by atoms with Gasteiger partial charge in [-0.1, -0.05) is 6.07 Å². The predicted molar refractivity (Wildman–Crippen MR) is 111 cm³/mol. The Kier molecular flexibility index (Phi) is 5.88. The molecule has 0 aliphatic carbocycles. The number of aryl methyl sites for hydroxylation is 1. The average Bonchev–Trinajstić information content (AvgIpc) is 2.67. The van der Waals surface area contributed by atoms with Gasteiger partial charge in [-0.3, -0.25) is 9.10 Å². The topological polar surface area (TPSA) is 94.2 Å². The van der Waals surface area contributed by atoms with Gasteiger partial charge in [0.25, 0.3) is 0 Å². The van der Waals surface area contributed by atoms with Crippen LogP contribution in [0, 0.1) is 6.92 Å². The Labute approximate surface area is 170 Å². The van der Waals surface area contributed by atoms with Gasteiger partial charge >= 0.3 is 0 Å². The Morgan fingerprint density at radius 3 is 2.48 bits per heavy atom. The molecule has 2 aromatic carbocycles. The molecule has 1 atom stereocenters. The van der Waals surface area contributed by atoms with Crippen LogP contribution in [0.25, 0.3) is 0 Å². The van der Waals surface area contributed by atoms with Gasteiger partial charge in [-0.25, -0.2) is 8.42 Å². The summed E-state index contributed by atoms with van der Waals surface area (Å²) in [6.45, 7) is 4.26. The van der Waals surface area contributed by atoms with E-state index in [1.807, 2.05) is 13.0 Å². The maximum atomic E-state index is 12.9. The minimum absolute atomic E-state index is 0.305. The Morgan fingerprint density at radius 2 is 1.83 bits per heavy atom. The van der Waals surface area contributed by atoms with E-state index >= 15 is 0 Å². The normalized spacial score (nSPS) is 14.1. The lowest BCUT2D eigenvalue weighted by Gasteiger charge is -2.29. The highest BCUT2D eigenvalue weighted by Crippen LogP contribution is 2.34. The molecule has 8 nitrogen and oxygen atoms in total. The molecule has 156 valence electrons.